The van der Waals surface area contributed by atoms with E-state index in [9.17, 15) is 4.79 Å². The number of aromatic nitrogens is 1. The summed E-state index contributed by atoms with van der Waals surface area (Å²) in [5, 5.41) is 2.36. The molecule has 0 unspecified atom stereocenters. The molecular formula is C16H13ClN2O2S. The third kappa shape index (κ3) is 3.55. The fourth-order valence-corrected chi connectivity index (χ4v) is 2.90. The molecule has 0 radical (unpaired) electrons. The first-order chi connectivity index (χ1) is 10.7. The summed E-state index contributed by atoms with van der Waals surface area (Å²) in [4.78, 5) is 19.5. The summed E-state index contributed by atoms with van der Waals surface area (Å²) in [5.74, 6) is 0.640. The smallest absolute Gasteiger partial charge is 0.256 e. The molecule has 0 bridgehead atoms. The average molecular weight is 333 g/mol. The van der Waals surface area contributed by atoms with E-state index in [4.69, 9.17) is 16.0 Å². The maximum absolute atomic E-state index is 12.7. The standard InChI is InChI=1S/C16H13ClN2O2S/c17-15-6-5-12(9-18-15)16(20)19(10-13-3-1-7-21-13)11-14-4-2-8-22-14/h1-9H,10-11H2. The van der Waals surface area contributed by atoms with Gasteiger partial charge in [0.2, 0.25) is 0 Å². The lowest BCUT2D eigenvalue weighted by Crippen LogP contribution is -2.29. The van der Waals surface area contributed by atoms with Crippen LogP contribution in [0.4, 0.5) is 0 Å². The van der Waals surface area contributed by atoms with Crippen molar-refractivity contribution in [2.45, 2.75) is 13.1 Å². The maximum Gasteiger partial charge on any atom is 0.256 e. The van der Waals surface area contributed by atoms with E-state index in [1.165, 1.54) is 6.20 Å². The predicted octanol–water partition coefficient (Wildman–Crippen LogP) is 4.23. The number of furan rings is 1. The minimum absolute atomic E-state index is 0.103. The van der Waals surface area contributed by atoms with Crippen molar-refractivity contribution in [1.29, 1.82) is 0 Å². The van der Waals surface area contributed by atoms with E-state index >= 15 is 0 Å². The SMILES string of the molecule is O=C(c1ccc(Cl)nc1)N(Cc1ccco1)Cc1cccs1. The predicted molar refractivity (Wildman–Crippen MR) is 85.9 cm³/mol. The van der Waals surface area contributed by atoms with Gasteiger partial charge in [0.25, 0.3) is 5.91 Å². The number of hydrogen-bond donors (Lipinski definition) is 0. The van der Waals surface area contributed by atoms with E-state index in [0.717, 1.165) is 10.6 Å². The Balaban J connectivity index is 1.83. The summed E-state index contributed by atoms with van der Waals surface area (Å²) < 4.78 is 5.36. The second kappa shape index (κ2) is 6.77. The van der Waals surface area contributed by atoms with Crippen LogP contribution in [0.1, 0.15) is 21.0 Å². The molecule has 0 fully saturated rings. The summed E-state index contributed by atoms with van der Waals surface area (Å²) in [6, 6.07) is 10.9. The van der Waals surface area contributed by atoms with Gasteiger partial charge in [0.1, 0.15) is 10.9 Å². The second-order valence-corrected chi connectivity index (χ2v) is 6.11. The normalized spacial score (nSPS) is 10.6. The van der Waals surface area contributed by atoms with Crippen LogP contribution < -0.4 is 0 Å². The summed E-state index contributed by atoms with van der Waals surface area (Å²) >= 11 is 7.39. The van der Waals surface area contributed by atoms with Gasteiger partial charge in [-0.05, 0) is 35.7 Å². The lowest BCUT2D eigenvalue weighted by molar-refractivity contribution is 0.0719. The summed E-state index contributed by atoms with van der Waals surface area (Å²) in [5.41, 5.74) is 0.507. The quantitative estimate of drug-likeness (QED) is 0.657. The van der Waals surface area contributed by atoms with Crippen molar-refractivity contribution in [3.8, 4) is 0 Å². The Morgan fingerprint density at radius 1 is 1.23 bits per heavy atom. The zero-order valence-corrected chi connectivity index (χ0v) is 13.2. The van der Waals surface area contributed by atoms with Crippen LogP contribution in [0.3, 0.4) is 0 Å². The fourth-order valence-electron chi connectivity index (χ4n) is 2.07. The van der Waals surface area contributed by atoms with Crippen molar-refractivity contribution in [1.82, 2.24) is 9.88 Å². The van der Waals surface area contributed by atoms with E-state index in [0.29, 0.717) is 23.8 Å². The second-order valence-electron chi connectivity index (χ2n) is 4.69. The molecule has 0 aliphatic carbocycles. The van der Waals surface area contributed by atoms with Gasteiger partial charge in [0, 0.05) is 11.1 Å². The number of hydrogen-bond acceptors (Lipinski definition) is 4. The molecule has 0 saturated carbocycles. The van der Waals surface area contributed by atoms with Crippen LogP contribution in [-0.2, 0) is 13.1 Å². The molecule has 0 aliphatic rings. The molecule has 22 heavy (non-hydrogen) atoms. The monoisotopic (exact) mass is 332 g/mol. The van der Waals surface area contributed by atoms with Gasteiger partial charge in [-0.3, -0.25) is 4.79 Å². The van der Waals surface area contributed by atoms with Crippen molar-refractivity contribution in [2.75, 3.05) is 0 Å². The molecule has 3 heterocycles. The number of carbonyl (C=O) groups excluding carboxylic acids is 1. The van der Waals surface area contributed by atoms with Gasteiger partial charge in [-0.1, -0.05) is 17.7 Å². The Hall–Kier alpha value is -2.11. The largest absolute Gasteiger partial charge is 0.467 e. The highest BCUT2D eigenvalue weighted by atomic mass is 35.5. The molecule has 0 aromatic carbocycles. The Morgan fingerprint density at radius 3 is 2.77 bits per heavy atom. The number of amides is 1. The van der Waals surface area contributed by atoms with Crippen LogP contribution in [0.15, 0.2) is 58.7 Å². The molecule has 0 spiro atoms. The molecule has 4 nitrogen and oxygen atoms in total. The average Bonchev–Trinajstić information content (AvgIpc) is 3.20. The molecule has 0 atom stereocenters. The first kappa shape index (κ1) is 14.8. The van der Waals surface area contributed by atoms with Crippen LogP contribution in [0.25, 0.3) is 0 Å². The zero-order chi connectivity index (χ0) is 15.4. The van der Waals surface area contributed by atoms with Gasteiger partial charge in [-0.2, -0.15) is 0 Å². The molecular weight excluding hydrogens is 320 g/mol. The first-order valence-corrected chi connectivity index (χ1v) is 7.94. The van der Waals surface area contributed by atoms with Crippen LogP contribution >= 0.6 is 22.9 Å². The van der Waals surface area contributed by atoms with E-state index in [2.05, 4.69) is 4.98 Å². The lowest BCUT2D eigenvalue weighted by atomic mass is 10.2. The summed E-state index contributed by atoms with van der Waals surface area (Å²) in [7, 11) is 0. The molecule has 112 valence electrons. The van der Waals surface area contributed by atoms with E-state index < -0.39 is 0 Å². The highest BCUT2D eigenvalue weighted by Gasteiger charge is 2.18. The first-order valence-electron chi connectivity index (χ1n) is 6.68. The number of nitrogens with zero attached hydrogens (tertiary/aromatic N) is 2. The highest BCUT2D eigenvalue weighted by molar-refractivity contribution is 7.09. The van der Waals surface area contributed by atoms with Gasteiger partial charge < -0.3 is 9.32 Å². The van der Waals surface area contributed by atoms with Crippen molar-refractivity contribution < 1.29 is 9.21 Å². The van der Waals surface area contributed by atoms with Crippen LogP contribution in [0.5, 0.6) is 0 Å². The van der Waals surface area contributed by atoms with Gasteiger partial charge in [0.15, 0.2) is 0 Å². The molecule has 6 heteroatoms. The molecule has 0 aliphatic heterocycles. The molecule has 3 aromatic rings. The molecule has 3 aromatic heterocycles. The molecule has 0 N–H and O–H groups in total. The number of rotatable bonds is 5. The summed E-state index contributed by atoms with van der Waals surface area (Å²) in [6.45, 7) is 0.937. The zero-order valence-electron chi connectivity index (χ0n) is 11.6. The topological polar surface area (TPSA) is 46.3 Å². The Labute approximate surface area is 137 Å². The third-order valence-corrected chi connectivity index (χ3v) is 4.20. The van der Waals surface area contributed by atoms with Crippen molar-refractivity contribution in [3.05, 3.63) is 75.6 Å². The van der Waals surface area contributed by atoms with Crippen LogP contribution in [0, 0.1) is 0 Å². The van der Waals surface area contributed by atoms with Crippen molar-refractivity contribution >= 4 is 28.8 Å². The molecule has 3 rings (SSSR count). The minimum Gasteiger partial charge on any atom is -0.467 e. The van der Waals surface area contributed by atoms with Crippen molar-refractivity contribution in [2.24, 2.45) is 0 Å². The summed E-state index contributed by atoms with van der Waals surface area (Å²) in [6.07, 6.45) is 3.10. The number of pyridine rings is 1. The van der Waals surface area contributed by atoms with E-state index in [-0.39, 0.29) is 5.91 Å². The minimum atomic E-state index is -0.103. The van der Waals surface area contributed by atoms with Crippen LogP contribution in [-0.4, -0.2) is 15.8 Å². The van der Waals surface area contributed by atoms with Gasteiger partial charge in [0.05, 0.1) is 24.9 Å². The number of carbonyl (C=O) groups is 1. The number of thiophene rings is 1. The van der Waals surface area contributed by atoms with Crippen molar-refractivity contribution in [3.63, 3.8) is 0 Å². The highest BCUT2D eigenvalue weighted by Crippen LogP contribution is 2.18. The van der Waals surface area contributed by atoms with E-state index in [1.54, 1.807) is 34.6 Å². The Bertz CT molecular complexity index is 688. The fraction of sp³-hybridized carbons (Fsp3) is 0.125. The maximum atomic E-state index is 12.7. The van der Waals surface area contributed by atoms with E-state index in [1.807, 2.05) is 29.6 Å². The van der Waals surface area contributed by atoms with Crippen LogP contribution in [0.2, 0.25) is 5.15 Å². The molecule has 1 amide bonds. The van der Waals surface area contributed by atoms with Gasteiger partial charge in [-0.25, -0.2) is 4.98 Å². The third-order valence-electron chi connectivity index (χ3n) is 3.12. The number of halogens is 1. The van der Waals surface area contributed by atoms with Gasteiger partial charge in [-0.15, -0.1) is 11.3 Å². The molecule has 0 saturated heterocycles. The Kier molecular flexibility index (Phi) is 4.56. The Morgan fingerprint density at radius 2 is 2.14 bits per heavy atom. The van der Waals surface area contributed by atoms with Gasteiger partial charge >= 0.3 is 0 Å². The lowest BCUT2D eigenvalue weighted by Gasteiger charge is -2.21.